The lowest BCUT2D eigenvalue weighted by molar-refractivity contribution is -0.122. The highest BCUT2D eigenvalue weighted by Crippen LogP contribution is 2.38. The minimum atomic E-state index is -4.21. The Labute approximate surface area is 156 Å². The van der Waals surface area contributed by atoms with Crippen LogP contribution < -0.4 is 9.64 Å². The smallest absolute Gasteiger partial charge is 0.297 e. The van der Waals surface area contributed by atoms with E-state index < -0.39 is 21.8 Å². The van der Waals surface area contributed by atoms with Gasteiger partial charge in [0.1, 0.15) is 0 Å². The topological polar surface area (TPSA) is 96.4 Å². The number of fused-ring (bicyclic) bond motifs is 1. The summed E-state index contributed by atoms with van der Waals surface area (Å²) in [6.45, 7) is 2.35. The van der Waals surface area contributed by atoms with E-state index in [1.54, 1.807) is 6.08 Å². The van der Waals surface area contributed by atoms with Crippen LogP contribution in [0.1, 0.15) is 6.92 Å². The van der Waals surface area contributed by atoms with Gasteiger partial charge in [-0.25, -0.2) is 0 Å². The third-order valence-corrected chi connectivity index (χ3v) is 4.78. The molecule has 0 saturated carbocycles. The Bertz CT molecular complexity index is 922. The molecule has 10 heteroatoms. The van der Waals surface area contributed by atoms with E-state index in [-0.39, 0.29) is 17.5 Å². The fourth-order valence-electron chi connectivity index (χ4n) is 2.56. The van der Waals surface area contributed by atoms with Crippen molar-refractivity contribution in [1.29, 1.82) is 0 Å². The van der Waals surface area contributed by atoms with E-state index in [0.717, 1.165) is 10.6 Å². The number of rotatable bonds is 5. The summed E-state index contributed by atoms with van der Waals surface area (Å²) in [5, 5.41) is -0.161. The second-order valence-corrected chi connectivity index (χ2v) is 7.38. The number of hydrogen-bond acceptors (Lipinski definition) is 7. The molecule has 1 aromatic carbocycles. The van der Waals surface area contributed by atoms with Crippen molar-refractivity contribution in [3.63, 3.8) is 0 Å². The molecule has 0 aromatic heterocycles. The number of carbonyl (C=O) groups is 1. The van der Waals surface area contributed by atoms with Crippen molar-refractivity contribution in [1.82, 2.24) is 4.90 Å². The largest absolute Gasteiger partial charge is 0.439 e. The van der Waals surface area contributed by atoms with Crippen molar-refractivity contribution < 1.29 is 27.2 Å². The Morgan fingerprint density at radius 1 is 1.19 bits per heavy atom. The van der Waals surface area contributed by atoms with Gasteiger partial charge in [-0.3, -0.25) is 14.2 Å². The predicted octanol–water partition coefficient (Wildman–Crippen LogP) is 1.66. The molecule has 1 fully saturated rings. The number of anilines is 1. The molecule has 1 aromatic rings. The number of para-hydroxylation sites is 2. The van der Waals surface area contributed by atoms with Crippen LogP contribution in [0.5, 0.6) is 5.75 Å². The van der Waals surface area contributed by atoms with Gasteiger partial charge in [0.15, 0.2) is 11.5 Å². The number of thiocarbonyl (C=S) groups is 1. The average molecular weight is 396 g/mol. The summed E-state index contributed by atoms with van der Waals surface area (Å²) in [6, 6.07) is 7.54. The summed E-state index contributed by atoms with van der Waals surface area (Å²) in [5.74, 6) is -0.0103. The number of nitrogens with zero attached hydrogens (tertiary/aromatic N) is 2. The van der Waals surface area contributed by atoms with Crippen LogP contribution >= 0.6 is 12.2 Å². The van der Waals surface area contributed by atoms with Crippen molar-refractivity contribution in [2.45, 2.75) is 6.92 Å². The molecule has 0 spiro atoms. The molecule has 138 valence electrons. The van der Waals surface area contributed by atoms with Gasteiger partial charge in [-0.05, 0) is 37.4 Å². The Morgan fingerprint density at radius 2 is 1.92 bits per heavy atom. The van der Waals surface area contributed by atoms with Crippen LogP contribution in [0.4, 0.5) is 5.69 Å². The van der Waals surface area contributed by atoms with Gasteiger partial charge in [0, 0.05) is 19.2 Å². The molecule has 0 radical (unpaired) electrons. The second kappa shape index (κ2) is 7.06. The van der Waals surface area contributed by atoms with Crippen LogP contribution in [0.15, 0.2) is 48.1 Å². The molecule has 26 heavy (non-hydrogen) atoms. The lowest BCUT2D eigenvalue weighted by atomic mass is 10.3. The van der Waals surface area contributed by atoms with Gasteiger partial charge in [-0.1, -0.05) is 12.1 Å². The highest BCUT2D eigenvalue weighted by Gasteiger charge is 2.34. The van der Waals surface area contributed by atoms with Crippen molar-refractivity contribution in [3.05, 3.63) is 48.1 Å². The number of carbonyl (C=O) groups excluding carboxylic acids is 1. The third kappa shape index (κ3) is 3.71. The number of amides is 1. The van der Waals surface area contributed by atoms with E-state index in [0.29, 0.717) is 18.2 Å². The number of hydrogen-bond donors (Lipinski definition) is 1. The Kier molecular flexibility index (Phi) is 4.99. The predicted molar refractivity (Wildman–Crippen MR) is 98.1 cm³/mol. The first kappa shape index (κ1) is 18.4. The van der Waals surface area contributed by atoms with Crippen LogP contribution in [0.25, 0.3) is 0 Å². The van der Waals surface area contributed by atoms with Crippen LogP contribution in [0.2, 0.25) is 0 Å². The standard InChI is InChI=1S/C16H16N2O6S2/c1-2-17-11-5-3-4-6-12(11)23-14(17)8-7-13-15(19)18(16(25)24-13)9-10-26(20,21)22/h3-8H,2,9-10H2,1H3,(H,20,21,22). The molecule has 2 aliphatic rings. The highest BCUT2D eigenvalue weighted by atomic mass is 32.2. The first-order valence-electron chi connectivity index (χ1n) is 7.75. The summed E-state index contributed by atoms with van der Waals surface area (Å²) < 4.78 is 41.5. The molecule has 1 N–H and O–H groups in total. The van der Waals surface area contributed by atoms with Gasteiger partial charge in [0.05, 0.1) is 11.4 Å². The monoisotopic (exact) mass is 396 g/mol. The van der Waals surface area contributed by atoms with Gasteiger partial charge in [0.2, 0.25) is 5.88 Å². The maximum absolute atomic E-state index is 12.3. The van der Waals surface area contributed by atoms with E-state index in [4.69, 9.17) is 26.2 Å². The number of allylic oxidation sites excluding steroid dienone is 2. The molecule has 2 heterocycles. The summed E-state index contributed by atoms with van der Waals surface area (Å²) in [7, 11) is -4.21. The fourth-order valence-corrected chi connectivity index (χ4v) is 3.24. The Balaban J connectivity index is 1.78. The van der Waals surface area contributed by atoms with Gasteiger partial charge in [-0.15, -0.1) is 0 Å². The van der Waals surface area contributed by atoms with Gasteiger partial charge in [0.25, 0.3) is 21.2 Å². The van der Waals surface area contributed by atoms with Crippen LogP contribution in [-0.4, -0.2) is 47.8 Å². The summed E-state index contributed by atoms with van der Waals surface area (Å²) in [6.07, 6.45) is 3.01. The normalized spacial score (nSPS) is 19.9. The molecule has 0 bridgehead atoms. The first-order valence-corrected chi connectivity index (χ1v) is 9.77. The lowest BCUT2D eigenvalue weighted by Crippen LogP contribution is -2.33. The lowest BCUT2D eigenvalue weighted by Gasteiger charge is -2.14. The van der Waals surface area contributed by atoms with Crippen molar-refractivity contribution in [2.75, 3.05) is 23.7 Å². The zero-order valence-electron chi connectivity index (χ0n) is 13.8. The van der Waals surface area contributed by atoms with Crippen molar-refractivity contribution in [3.8, 4) is 5.75 Å². The molecule has 1 saturated heterocycles. The second-order valence-electron chi connectivity index (χ2n) is 5.46. The fraction of sp³-hybridized carbons (Fsp3) is 0.250. The molecular weight excluding hydrogens is 380 g/mol. The van der Waals surface area contributed by atoms with E-state index in [2.05, 4.69) is 0 Å². The molecule has 3 rings (SSSR count). The molecular formula is C16H16N2O6S2. The highest BCUT2D eigenvalue weighted by molar-refractivity contribution is 7.85. The maximum Gasteiger partial charge on any atom is 0.297 e. The van der Waals surface area contributed by atoms with E-state index in [1.165, 1.54) is 6.08 Å². The first-order chi connectivity index (χ1) is 12.3. The zero-order chi connectivity index (χ0) is 18.9. The van der Waals surface area contributed by atoms with Gasteiger partial charge >= 0.3 is 0 Å². The SMILES string of the molecule is CCN1C(=CC=C2OC(=S)N(CCS(=O)(=O)O)C2=O)Oc2ccccc21. The van der Waals surface area contributed by atoms with Crippen molar-refractivity contribution in [2.24, 2.45) is 0 Å². The molecule has 0 aliphatic carbocycles. The summed E-state index contributed by atoms with van der Waals surface area (Å²) >= 11 is 4.94. The third-order valence-electron chi connectivity index (χ3n) is 3.78. The Morgan fingerprint density at radius 3 is 2.62 bits per heavy atom. The van der Waals surface area contributed by atoms with Gasteiger partial charge in [-0.2, -0.15) is 8.42 Å². The van der Waals surface area contributed by atoms with Crippen molar-refractivity contribution >= 4 is 39.1 Å². The minimum absolute atomic E-state index is 0.0477. The van der Waals surface area contributed by atoms with E-state index >= 15 is 0 Å². The average Bonchev–Trinajstić information content (AvgIpc) is 3.07. The quantitative estimate of drug-likeness (QED) is 0.456. The van der Waals surface area contributed by atoms with Crippen LogP contribution in [0, 0.1) is 0 Å². The number of ether oxygens (including phenoxy) is 2. The molecule has 8 nitrogen and oxygen atoms in total. The molecule has 2 aliphatic heterocycles. The van der Waals surface area contributed by atoms with E-state index in [9.17, 15) is 13.2 Å². The minimum Gasteiger partial charge on any atom is -0.439 e. The van der Waals surface area contributed by atoms with E-state index in [1.807, 2.05) is 36.1 Å². The molecule has 0 unspecified atom stereocenters. The molecule has 1 amide bonds. The maximum atomic E-state index is 12.3. The summed E-state index contributed by atoms with van der Waals surface area (Å²) in [4.78, 5) is 15.2. The van der Waals surface area contributed by atoms with Crippen LogP contribution in [-0.2, 0) is 19.6 Å². The zero-order valence-corrected chi connectivity index (χ0v) is 15.4. The number of benzene rings is 1. The summed E-state index contributed by atoms with van der Waals surface area (Å²) in [5.41, 5.74) is 0.920. The Hall–Kier alpha value is -2.43. The molecule has 0 atom stereocenters. The van der Waals surface area contributed by atoms with Crippen LogP contribution in [0.3, 0.4) is 0 Å². The van der Waals surface area contributed by atoms with Gasteiger partial charge < -0.3 is 14.4 Å².